The van der Waals surface area contributed by atoms with E-state index in [1.807, 2.05) is 0 Å². The lowest BCUT2D eigenvalue weighted by Gasteiger charge is -2.12. The number of imidazole rings is 1. The Kier molecular flexibility index (Phi) is 4.95. The maximum Gasteiger partial charge on any atom is 0.416 e. The van der Waals surface area contributed by atoms with Crippen molar-refractivity contribution >= 4 is 17.0 Å². The Morgan fingerprint density at radius 2 is 1.72 bits per heavy atom. The van der Waals surface area contributed by atoms with Crippen LogP contribution in [0, 0.1) is 0 Å². The lowest BCUT2D eigenvalue weighted by molar-refractivity contribution is -0.137. The molecule has 3 aromatic heterocycles. The SMILES string of the molecule is Cn1c(=O)[nH]c(=O)c2c1nc(Cn1ccc(N)nc1=O)n2Cc1ccc(C(F)(F)F)cc1. The van der Waals surface area contributed by atoms with E-state index in [9.17, 15) is 27.6 Å². The molecule has 10 nitrogen and oxygen atoms in total. The number of alkyl halides is 3. The minimum Gasteiger partial charge on any atom is -0.383 e. The summed E-state index contributed by atoms with van der Waals surface area (Å²) in [4.78, 5) is 46.9. The fraction of sp³-hybridized carbons (Fsp3) is 0.211. The van der Waals surface area contributed by atoms with Crippen molar-refractivity contribution in [3.8, 4) is 0 Å². The van der Waals surface area contributed by atoms with Gasteiger partial charge in [-0.15, -0.1) is 0 Å². The number of rotatable bonds is 4. The van der Waals surface area contributed by atoms with E-state index in [4.69, 9.17) is 5.73 Å². The van der Waals surface area contributed by atoms with Crippen LogP contribution in [0.1, 0.15) is 17.0 Å². The number of anilines is 1. The quantitative estimate of drug-likeness (QED) is 0.473. The van der Waals surface area contributed by atoms with Crippen molar-refractivity contribution in [2.75, 3.05) is 5.73 Å². The average molecular weight is 447 g/mol. The fourth-order valence-corrected chi connectivity index (χ4v) is 3.27. The topological polar surface area (TPSA) is 134 Å². The predicted molar refractivity (Wildman–Crippen MR) is 108 cm³/mol. The molecule has 0 spiro atoms. The van der Waals surface area contributed by atoms with E-state index >= 15 is 0 Å². The lowest BCUT2D eigenvalue weighted by atomic mass is 10.1. The molecule has 1 aromatic carbocycles. The number of hydrogen-bond acceptors (Lipinski definition) is 6. The fourth-order valence-electron chi connectivity index (χ4n) is 3.27. The Morgan fingerprint density at radius 1 is 1.03 bits per heavy atom. The van der Waals surface area contributed by atoms with Gasteiger partial charge in [-0.2, -0.15) is 18.2 Å². The number of nitrogen functional groups attached to an aromatic ring is 1. The summed E-state index contributed by atoms with van der Waals surface area (Å²) < 4.78 is 42.4. The smallest absolute Gasteiger partial charge is 0.383 e. The second-order valence-electron chi connectivity index (χ2n) is 7.06. The molecule has 0 aliphatic heterocycles. The highest BCUT2D eigenvalue weighted by molar-refractivity contribution is 5.71. The second-order valence-corrected chi connectivity index (χ2v) is 7.06. The summed E-state index contributed by atoms with van der Waals surface area (Å²) >= 11 is 0. The number of hydrogen-bond donors (Lipinski definition) is 2. The normalized spacial score (nSPS) is 11.9. The maximum absolute atomic E-state index is 12.9. The van der Waals surface area contributed by atoms with Gasteiger partial charge in [0, 0.05) is 19.8 Å². The van der Waals surface area contributed by atoms with E-state index in [2.05, 4.69) is 15.0 Å². The summed E-state index contributed by atoms with van der Waals surface area (Å²) in [5.74, 6) is 0.253. The summed E-state index contributed by atoms with van der Waals surface area (Å²) in [6, 6.07) is 5.84. The molecule has 166 valence electrons. The van der Waals surface area contributed by atoms with E-state index in [-0.39, 0.29) is 35.9 Å². The molecule has 0 radical (unpaired) electrons. The van der Waals surface area contributed by atoms with Crippen LogP contribution in [0.3, 0.4) is 0 Å². The maximum atomic E-state index is 12.9. The molecule has 4 aromatic rings. The van der Waals surface area contributed by atoms with Crippen LogP contribution in [0.25, 0.3) is 11.2 Å². The number of H-pyrrole nitrogens is 1. The predicted octanol–water partition coefficient (Wildman–Crippen LogP) is 0.678. The average Bonchev–Trinajstić information content (AvgIpc) is 3.07. The molecule has 0 atom stereocenters. The van der Waals surface area contributed by atoms with Crippen LogP contribution >= 0.6 is 0 Å². The van der Waals surface area contributed by atoms with Crippen molar-refractivity contribution in [1.29, 1.82) is 0 Å². The Bertz CT molecular complexity index is 1490. The highest BCUT2D eigenvalue weighted by Crippen LogP contribution is 2.29. The van der Waals surface area contributed by atoms with Crippen LogP contribution in [-0.2, 0) is 26.3 Å². The summed E-state index contributed by atoms with van der Waals surface area (Å²) in [6.45, 7) is -0.141. The van der Waals surface area contributed by atoms with Crippen molar-refractivity contribution < 1.29 is 13.2 Å². The molecule has 32 heavy (non-hydrogen) atoms. The zero-order valence-electron chi connectivity index (χ0n) is 16.6. The zero-order valence-corrected chi connectivity index (χ0v) is 16.6. The van der Waals surface area contributed by atoms with Gasteiger partial charge >= 0.3 is 17.6 Å². The van der Waals surface area contributed by atoms with Crippen LogP contribution in [0.2, 0.25) is 0 Å². The Hall–Kier alpha value is -4.16. The molecule has 0 bridgehead atoms. The molecule has 0 saturated carbocycles. The molecule has 3 heterocycles. The van der Waals surface area contributed by atoms with Gasteiger partial charge in [0.15, 0.2) is 11.2 Å². The van der Waals surface area contributed by atoms with Crippen molar-refractivity contribution in [2.45, 2.75) is 19.3 Å². The largest absolute Gasteiger partial charge is 0.416 e. The van der Waals surface area contributed by atoms with Crippen LogP contribution in [0.5, 0.6) is 0 Å². The molecule has 0 aliphatic rings. The first kappa shape index (κ1) is 21.1. The highest BCUT2D eigenvalue weighted by Gasteiger charge is 2.30. The van der Waals surface area contributed by atoms with Crippen molar-refractivity contribution in [3.05, 3.63) is 84.8 Å². The first-order valence-corrected chi connectivity index (χ1v) is 9.22. The summed E-state index contributed by atoms with van der Waals surface area (Å²) in [6.07, 6.45) is -3.08. The first-order valence-electron chi connectivity index (χ1n) is 9.22. The van der Waals surface area contributed by atoms with E-state index in [0.717, 1.165) is 16.7 Å². The van der Waals surface area contributed by atoms with Gasteiger partial charge in [-0.1, -0.05) is 12.1 Å². The second kappa shape index (κ2) is 7.51. The van der Waals surface area contributed by atoms with Gasteiger partial charge in [0.25, 0.3) is 5.56 Å². The number of fused-ring (bicyclic) bond motifs is 1. The molecule has 0 unspecified atom stereocenters. The number of aromatic nitrogens is 6. The number of nitrogens with one attached hydrogen (secondary N) is 1. The summed E-state index contributed by atoms with van der Waals surface area (Å²) in [5, 5.41) is 0. The minimum atomic E-state index is -4.48. The number of nitrogens with zero attached hydrogens (tertiary/aromatic N) is 5. The van der Waals surface area contributed by atoms with Gasteiger partial charge in [-0.25, -0.2) is 14.6 Å². The van der Waals surface area contributed by atoms with Gasteiger partial charge in [0.2, 0.25) is 0 Å². The van der Waals surface area contributed by atoms with Crippen LogP contribution in [0.4, 0.5) is 19.0 Å². The Balaban J connectivity index is 1.86. The third-order valence-electron chi connectivity index (χ3n) is 4.92. The number of halogens is 3. The number of benzene rings is 1. The van der Waals surface area contributed by atoms with Crippen molar-refractivity contribution in [1.82, 2.24) is 28.7 Å². The van der Waals surface area contributed by atoms with Gasteiger partial charge in [-0.05, 0) is 23.8 Å². The van der Waals surface area contributed by atoms with E-state index in [0.29, 0.717) is 5.56 Å². The highest BCUT2D eigenvalue weighted by atomic mass is 19.4. The molecular weight excluding hydrogens is 431 g/mol. The van der Waals surface area contributed by atoms with Gasteiger partial charge in [-0.3, -0.25) is 18.9 Å². The number of aryl methyl sites for hydroxylation is 1. The van der Waals surface area contributed by atoms with Gasteiger partial charge in [0.05, 0.1) is 12.1 Å². The zero-order chi connectivity index (χ0) is 23.2. The van der Waals surface area contributed by atoms with Crippen molar-refractivity contribution in [2.24, 2.45) is 7.05 Å². The Morgan fingerprint density at radius 3 is 2.34 bits per heavy atom. The number of nitrogens with two attached hydrogens (primary N) is 1. The van der Waals surface area contributed by atoms with E-state index in [1.165, 1.54) is 40.6 Å². The molecule has 3 N–H and O–H groups in total. The molecule has 0 aliphatic carbocycles. The molecule has 13 heteroatoms. The molecule has 0 amide bonds. The van der Waals surface area contributed by atoms with E-state index in [1.54, 1.807) is 0 Å². The summed E-state index contributed by atoms with van der Waals surface area (Å²) in [7, 11) is 1.41. The Labute approximate surface area is 176 Å². The minimum absolute atomic E-state index is 0.0254. The van der Waals surface area contributed by atoms with Crippen LogP contribution in [-0.4, -0.2) is 28.7 Å². The third-order valence-corrected chi connectivity index (χ3v) is 4.92. The van der Waals surface area contributed by atoms with Gasteiger partial charge in [0.1, 0.15) is 11.6 Å². The first-order chi connectivity index (χ1) is 15.0. The van der Waals surface area contributed by atoms with Gasteiger partial charge < -0.3 is 10.3 Å². The van der Waals surface area contributed by atoms with Crippen molar-refractivity contribution in [3.63, 3.8) is 0 Å². The molecular formula is C19H16F3N7O3. The van der Waals surface area contributed by atoms with Crippen LogP contribution in [0.15, 0.2) is 50.9 Å². The monoisotopic (exact) mass is 447 g/mol. The molecule has 0 saturated heterocycles. The summed E-state index contributed by atoms with van der Waals surface area (Å²) in [5.41, 5.74) is 3.21. The molecule has 4 rings (SSSR count). The molecule has 0 fully saturated rings. The lowest BCUT2D eigenvalue weighted by Crippen LogP contribution is -2.29. The van der Waals surface area contributed by atoms with Crippen LogP contribution < -0.4 is 22.7 Å². The number of aromatic amines is 1. The third kappa shape index (κ3) is 3.79. The van der Waals surface area contributed by atoms with E-state index < -0.39 is 28.7 Å². The standard InChI is InChI=1S/C19H16F3N7O3/c1-27-15-14(16(30)26-17(27)31)29(8-10-2-4-11(5-3-10)19(20,21)22)13(25-15)9-28-7-6-12(23)24-18(28)32/h2-7H,8-9H2,1H3,(H2,23,24,32)(H,26,30,31).